The highest BCUT2D eigenvalue weighted by atomic mass is 15.3. The summed E-state index contributed by atoms with van der Waals surface area (Å²) in [5.41, 5.74) is 0. The van der Waals surface area contributed by atoms with Gasteiger partial charge in [-0.25, -0.2) is 4.68 Å². The molecular weight excluding hydrogens is 128 g/mol. The molecule has 10 heavy (non-hydrogen) atoms. The normalized spacial score (nSPS) is 10.0. The lowest BCUT2D eigenvalue weighted by atomic mass is 10.6. The average Bonchev–Trinajstić information content (AvgIpc) is 2.59. The molecule has 0 unspecified atom stereocenters. The maximum absolute atomic E-state index is 4.00. The quantitative estimate of drug-likeness (QED) is 0.620. The van der Waals surface area contributed by atoms with Crippen molar-refractivity contribution in [2.75, 3.05) is 0 Å². The number of nitrogens with one attached hydrogen (secondary N) is 1. The number of hydrogen-bond donors (Lipinski definition) is 1. The second kappa shape index (κ2) is 1.98. The summed E-state index contributed by atoms with van der Waals surface area (Å²) < 4.78 is 1.72. The molecule has 2 rings (SSSR count). The van der Waals surface area contributed by atoms with Crippen molar-refractivity contribution in [1.82, 2.24) is 20.0 Å². The third-order valence-corrected chi connectivity index (χ3v) is 1.24. The molecule has 0 saturated heterocycles. The zero-order chi connectivity index (χ0) is 6.81. The highest BCUT2D eigenvalue weighted by Crippen LogP contribution is 1.97. The van der Waals surface area contributed by atoms with Crippen LogP contribution in [0.25, 0.3) is 5.82 Å². The Morgan fingerprint density at radius 1 is 1.40 bits per heavy atom. The van der Waals surface area contributed by atoms with Crippen LogP contribution < -0.4 is 0 Å². The Labute approximate surface area is 57.5 Å². The van der Waals surface area contributed by atoms with Crippen molar-refractivity contribution in [3.63, 3.8) is 0 Å². The van der Waals surface area contributed by atoms with E-state index in [1.807, 2.05) is 18.3 Å². The molecule has 1 N–H and O–H groups in total. The second-order valence-corrected chi connectivity index (χ2v) is 1.89. The average molecular weight is 134 g/mol. The first-order valence-corrected chi connectivity index (χ1v) is 2.96. The summed E-state index contributed by atoms with van der Waals surface area (Å²) in [6.07, 6.45) is 5.27. The van der Waals surface area contributed by atoms with Crippen LogP contribution >= 0.6 is 0 Å². The van der Waals surface area contributed by atoms with Gasteiger partial charge in [0.05, 0.1) is 6.20 Å². The Morgan fingerprint density at radius 2 is 2.40 bits per heavy atom. The van der Waals surface area contributed by atoms with E-state index < -0.39 is 0 Å². The zero-order valence-electron chi connectivity index (χ0n) is 5.23. The van der Waals surface area contributed by atoms with E-state index in [0.717, 1.165) is 5.82 Å². The SMILES string of the molecule is c1cnn(-c2ccn[nH]2)c1. The standard InChI is InChI=1S/C6H6N4/c1-3-8-10(5-1)6-2-4-7-9-6/h1-5H,(H,7,9). The number of nitrogens with zero attached hydrogens (tertiary/aromatic N) is 3. The van der Waals surface area contributed by atoms with Gasteiger partial charge < -0.3 is 0 Å². The van der Waals surface area contributed by atoms with E-state index in [1.54, 1.807) is 17.1 Å². The molecule has 0 aliphatic rings. The molecule has 4 nitrogen and oxygen atoms in total. The lowest BCUT2D eigenvalue weighted by molar-refractivity contribution is 0.836. The number of aromatic amines is 1. The fourth-order valence-corrected chi connectivity index (χ4v) is 0.787. The Morgan fingerprint density at radius 3 is 3.00 bits per heavy atom. The van der Waals surface area contributed by atoms with E-state index in [0.29, 0.717) is 0 Å². The number of H-pyrrole nitrogens is 1. The molecule has 0 radical (unpaired) electrons. The van der Waals surface area contributed by atoms with E-state index in [1.165, 1.54) is 0 Å². The van der Waals surface area contributed by atoms with Gasteiger partial charge in [-0.1, -0.05) is 0 Å². The predicted octanol–water partition coefficient (Wildman–Crippen LogP) is 0.595. The fraction of sp³-hybridized carbons (Fsp3) is 0. The van der Waals surface area contributed by atoms with Gasteiger partial charge in [0.25, 0.3) is 0 Å². The predicted molar refractivity (Wildman–Crippen MR) is 35.7 cm³/mol. The van der Waals surface area contributed by atoms with Crippen LogP contribution in [0.4, 0.5) is 0 Å². The molecule has 2 aromatic rings. The second-order valence-electron chi connectivity index (χ2n) is 1.89. The third kappa shape index (κ3) is 0.699. The van der Waals surface area contributed by atoms with Crippen molar-refractivity contribution in [3.05, 3.63) is 30.7 Å². The smallest absolute Gasteiger partial charge is 0.149 e. The third-order valence-electron chi connectivity index (χ3n) is 1.24. The number of aromatic nitrogens is 4. The first kappa shape index (κ1) is 5.22. The summed E-state index contributed by atoms with van der Waals surface area (Å²) in [4.78, 5) is 0. The van der Waals surface area contributed by atoms with E-state index in [4.69, 9.17) is 0 Å². The molecule has 2 heterocycles. The van der Waals surface area contributed by atoms with E-state index >= 15 is 0 Å². The Kier molecular flexibility index (Phi) is 1.04. The van der Waals surface area contributed by atoms with Crippen LogP contribution in [0.15, 0.2) is 30.7 Å². The van der Waals surface area contributed by atoms with Gasteiger partial charge in [0.2, 0.25) is 0 Å². The van der Waals surface area contributed by atoms with Crippen LogP contribution in [0.1, 0.15) is 0 Å². The topological polar surface area (TPSA) is 46.5 Å². The highest BCUT2D eigenvalue weighted by molar-refractivity contribution is 5.16. The molecule has 50 valence electrons. The number of rotatable bonds is 1. The molecule has 0 fully saturated rings. The molecule has 0 aromatic carbocycles. The van der Waals surface area contributed by atoms with Crippen LogP contribution in [0.2, 0.25) is 0 Å². The molecule has 0 atom stereocenters. The van der Waals surface area contributed by atoms with Gasteiger partial charge in [-0.15, -0.1) is 0 Å². The summed E-state index contributed by atoms with van der Waals surface area (Å²) in [7, 11) is 0. The van der Waals surface area contributed by atoms with E-state index in [9.17, 15) is 0 Å². The molecule has 0 spiro atoms. The minimum Gasteiger partial charge on any atom is -0.261 e. The van der Waals surface area contributed by atoms with Gasteiger partial charge in [-0.05, 0) is 6.07 Å². The minimum absolute atomic E-state index is 0.880. The molecule has 0 amide bonds. The van der Waals surface area contributed by atoms with Crippen LogP contribution in [-0.4, -0.2) is 20.0 Å². The zero-order valence-corrected chi connectivity index (χ0v) is 5.23. The fourth-order valence-electron chi connectivity index (χ4n) is 0.787. The van der Waals surface area contributed by atoms with Crippen LogP contribution in [0.3, 0.4) is 0 Å². The highest BCUT2D eigenvalue weighted by Gasteiger charge is 1.92. The Bertz CT molecular complexity index is 249. The summed E-state index contributed by atoms with van der Waals surface area (Å²) in [5, 5.41) is 10.6. The first-order chi connectivity index (χ1) is 4.97. The summed E-state index contributed by atoms with van der Waals surface area (Å²) >= 11 is 0. The maximum atomic E-state index is 4.00. The molecule has 4 heteroatoms. The monoisotopic (exact) mass is 134 g/mol. The molecule has 0 saturated carbocycles. The summed E-state index contributed by atoms with van der Waals surface area (Å²) in [5.74, 6) is 0.880. The number of hydrogen-bond acceptors (Lipinski definition) is 2. The lowest BCUT2D eigenvalue weighted by Crippen LogP contribution is -1.93. The summed E-state index contributed by atoms with van der Waals surface area (Å²) in [6.45, 7) is 0. The summed E-state index contributed by atoms with van der Waals surface area (Å²) in [6, 6.07) is 3.72. The van der Waals surface area contributed by atoms with Gasteiger partial charge in [0, 0.05) is 18.5 Å². The molecular formula is C6H6N4. The van der Waals surface area contributed by atoms with Crippen molar-refractivity contribution in [2.24, 2.45) is 0 Å². The van der Waals surface area contributed by atoms with Crippen LogP contribution in [0, 0.1) is 0 Å². The van der Waals surface area contributed by atoms with E-state index in [2.05, 4.69) is 15.3 Å². The molecule has 0 aliphatic heterocycles. The lowest BCUT2D eigenvalue weighted by Gasteiger charge is -1.91. The Hall–Kier alpha value is -1.58. The van der Waals surface area contributed by atoms with E-state index in [-0.39, 0.29) is 0 Å². The van der Waals surface area contributed by atoms with Crippen molar-refractivity contribution >= 4 is 0 Å². The maximum Gasteiger partial charge on any atom is 0.149 e. The van der Waals surface area contributed by atoms with Gasteiger partial charge in [-0.3, -0.25) is 5.10 Å². The van der Waals surface area contributed by atoms with Gasteiger partial charge in [0.1, 0.15) is 5.82 Å². The molecule has 0 bridgehead atoms. The van der Waals surface area contributed by atoms with Crippen molar-refractivity contribution in [2.45, 2.75) is 0 Å². The molecule has 0 aliphatic carbocycles. The minimum atomic E-state index is 0.880. The van der Waals surface area contributed by atoms with Crippen molar-refractivity contribution < 1.29 is 0 Å². The van der Waals surface area contributed by atoms with Gasteiger partial charge >= 0.3 is 0 Å². The largest absolute Gasteiger partial charge is 0.261 e. The van der Waals surface area contributed by atoms with Gasteiger partial charge in [-0.2, -0.15) is 10.2 Å². The van der Waals surface area contributed by atoms with Crippen LogP contribution in [-0.2, 0) is 0 Å². The molecule has 2 aromatic heterocycles. The van der Waals surface area contributed by atoms with Gasteiger partial charge in [0.15, 0.2) is 0 Å². The van der Waals surface area contributed by atoms with Crippen molar-refractivity contribution in [3.8, 4) is 5.82 Å². The first-order valence-electron chi connectivity index (χ1n) is 2.96. The Balaban J connectivity index is 2.48. The van der Waals surface area contributed by atoms with Crippen LogP contribution in [0.5, 0.6) is 0 Å². The van der Waals surface area contributed by atoms with Crippen molar-refractivity contribution in [1.29, 1.82) is 0 Å².